The van der Waals surface area contributed by atoms with E-state index in [2.05, 4.69) is 0 Å². The summed E-state index contributed by atoms with van der Waals surface area (Å²) >= 11 is 0. The zero-order chi connectivity index (χ0) is 18.4. The number of aryl methyl sites for hydroxylation is 1. The van der Waals surface area contributed by atoms with Crippen LogP contribution in [0.25, 0.3) is 0 Å². The summed E-state index contributed by atoms with van der Waals surface area (Å²) in [5.41, 5.74) is 0.932. The number of rotatable bonds is 8. The highest BCUT2D eigenvalue weighted by atomic mass is 16.5. The lowest BCUT2D eigenvalue weighted by Crippen LogP contribution is -2.37. The number of benzene rings is 1. The molecule has 2 atom stereocenters. The van der Waals surface area contributed by atoms with Gasteiger partial charge in [0.1, 0.15) is 11.5 Å². The number of likely N-dealkylation sites (tertiary alicyclic amines) is 1. The van der Waals surface area contributed by atoms with E-state index in [4.69, 9.17) is 19.3 Å². The highest BCUT2D eigenvalue weighted by molar-refractivity contribution is 5.78. The Labute approximate surface area is 147 Å². The van der Waals surface area contributed by atoms with E-state index in [0.29, 0.717) is 37.3 Å². The van der Waals surface area contributed by atoms with Crippen molar-refractivity contribution in [1.82, 2.24) is 4.90 Å². The average Bonchev–Trinajstić information content (AvgIpc) is 3.01. The predicted molar refractivity (Wildman–Crippen MR) is 91.0 cm³/mol. The van der Waals surface area contributed by atoms with Crippen LogP contribution < -0.4 is 9.47 Å². The first kappa shape index (κ1) is 19.1. The van der Waals surface area contributed by atoms with E-state index in [1.807, 2.05) is 12.1 Å². The van der Waals surface area contributed by atoms with Gasteiger partial charge in [0.2, 0.25) is 5.91 Å². The molecule has 1 aromatic carbocycles. The first-order chi connectivity index (χ1) is 12.0. The number of amides is 1. The second-order valence-corrected chi connectivity index (χ2v) is 6.11. The number of ether oxygens (including phenoxy) is 3. The van der Waals surface area contributed by atoms with Gasteiger partial charge in [-0.15, -0.1) is 0 Å². The summed E-state index contributed by atoms with van der Waals surface area (Å²) in [6.45, 7) is 0.439. The van der Waals surface area contributed by atoms with Crippen LogP contribution in [0.2, 0.25) is 0 Å². The molecule has 1 amide bonds. The van der Waals surface area contributed by atoms with E-state index >= 15 is 0 Å². The van der Waals surface area contributed by atoms with Gasteiger partial charge in [-0.25, -0.2) is 0 Å². The molecule has 1 N–H and O–H groups in total. The summed E-state index contributed by atoms with van der Waals surface area (Å²) in [4.78, 5) is 25.3. The van der Waals surface area contributed by atoms with Gasteiger partial charge in [-0.05, 0) is 30.5 Å². The third-order valence-electron chi connectivity index (χ3n) is 4.48. The van der Waals surface area contributed by atoms with Gasteiger partial charge in [0.05, 0.1) is 26.7 Å². The number of hydrogen-bond donors (Lipinski definition) is 1. The van der Waals surface area contributed by atoms with E-state index < -0.39 is 5.97 Å². The summed E-state index contributed by atoms with van der Waals surface area (Å²) in [7, 11) is 4.74. The minimum absolute atomic E-state index is 0.0570. The van der Waals surface area contributed by atoms with Crippen LogP contribution in [-0.2, 0) is 20.7 Å². The van der Waals surface area contributed by atoms with Gasteiger partial charge in [0.15, 0.2) is 0 Å². The van der Waals surface area contributed by atoms with Crippen molar-refractivity contribution >= 4 is 11.9 Å². The number of carboxylic acids is 1. The van der Waals surface area contributed by atoms with Crippen molar-refractivity contribution in [3.05, 3.63) is 23.8 Å². The van der Waals surface area contributed by atoms with E-state index in [0.717, 1.165) is 5.56 Å². The number of hydrogen-bond acceptors (Lipinski definition) is 5. The van der Waals surface area contributed by atoms with Crippen molar-refractivity contribution < 1.29 is 28.9 Å². The van der Waals surface area contributed by atoms with Crippen LogP contribution in [0, 0.1) is 0 Å². The Bertz CT molecular complexity index is 595. The van der Waals surface area contributed by atoms with Gasteiger partial charge < -0.3 is 24.2 Å². The SMILES string of the molecule is COc1cc(CCC(=O)N2CC(OC)CC2CC(=O)O)cc(OC)c1. The molecule has 0 aromatic heterocycles. The fourth-order valence-corrected chi connectivity index (χ4v) is 3.15. The predicted octanol–water partition coefficient (Wildman–Crippen LogP) is 1.73. The van der Waals surface area contributed by atoms with E-state index in [1.165, 1.54) is 0 Å². The zero-order valence-corrected chi connectivity index (χ0v) is 14.9. The number of nitrogens with zero attached hydrogens (tertiary/aromatic N) is 1. The highest BCUT2D eigenvalue weighted by Gasteiger charge is 2.36. The van der Waals surface area contributed by atoms with E-state index in [9.17, 15) is 9.59 Å². The largest absolute Gasteiger partial charge is 0.497 e. The summed E-state index contributed by atoms with van der Waals surface area (Å²) < 4.78 is 15.8. The van der Waals surface area contributed by atoms with Crippen LogP contribution in [0.3, 0.4) is 0 Å². The second kappa shape index (κ2) is 8.71. The Balaban J connectivity index is 2.02. The van der Waals surface area contributed by atoms with Crippen molar-refractivity contribution in [2.45, 2.75) is 37.8 Å². The number of carbonyl (C=O) groups is 2. The number of aliphatic carboxylic acids is 1. The zero-order valence-electron chi connectivity index (χ0n) is 14.9. The lowest BCUT2D eigenvalue weighted by Gasteiger charge is -2.23. The van der Waals surface area contributed by atoms with Crippen molar-refractivity contribution in [1.29, 1.82) is 0 Å². The number of methoxy groups -OCH3 is 3. The van der Waals surface area contributed by atoms with Crippen molar-refractivity contribution in [2.75, 3.05) is 27.9 Å². The molecule has 138 valence electrons. The van der Waals surface area contributed by atoms with Gasteiger partial charge in [-0.2, -0.15) is 0 Å². The minimum atomic E-state index is -0.905. The molecule has 7 nitrogen and oxygen atoms in total. The lowest BCUT2D eigenvalue weighted by molar-refractivity contribution is -0.139. The molecule has 1 aliphatic rings. The van der Waals surface area contributed by atoms with Gasteiger partial charge in [0.25, 0.3) is 0 Å². The van der Waals surface area contributed by atoms with Crippen molar-refractivity contribution in [3.63, 3.8) is 0 Å². The molecule has 25 heavy (non-hydrogen) atoms. The molecular weight excluding hydrogens is 326 g/mol. The fraction of sp³-hybridized carbons (Fsp3) is 0.556. The molecule has 1 aromatic rings. The molecule has 1 saturated heterocycles. The monoisotopic (exact) mass is 351 g/mol. The molecule has 7 heteroatoms. The third-order valence-corrected chi connectivity index (χ3v) is 4.48. The molecule has 1 heterocycles. The van der Waals surface area contributed by atoms with Crippen LogP contribution >= 0.6 is 0 Å². The molecule has 0 radical (unpaired) electrons. The summed E-state index contributed by atoms with van der Waals surface area (Å²) in [6, 6.07) is 5.20. The van der Waals surface area contributed by atoms with Crippen LogP contribution in [-0.4, -0.2) is 61.9 Å². The van der Waals surface area contributed by atoms with Crippen molar-refractivity contribution in [3.8, 4) is 11.5 Å². The second-order valence-electron chi connectivity index (χ2n) is 6.11. The van der Waals surface area contributed by atoms with Crippen molar-refractivity contribution in [2.24, 2.45) is 0 Å². The number of carbonyl (C=O) groups excluding carboxylic acids is 1. The van der Waals surface area contributed by atoms with Crippen LogP contribution in [0.5, 0.6) is 11.5 Å². The van der Waals surface area contributed by atoms with Gasteiger partial charge in [-0.3, -0.25) is 9.59 Å². The maximum absolute atomic E-state index is 12.6. The standard InChI is InChI=1S/C18H25NO6/c1-23-14-6-12(7-15(10-14)24-2)4-5-17(20)19-11-16(25-3)8-13(19)9-18(21)22/h6-7,10,13,16H,4-5,8-9,11H2,1-3H3,(H,21,22). The average molecular weight is 351 g/mol. The summed E-state index contributed by atoms with van der Waals surface area (Å²) in [6.07, 6.45) is 1.22. The topological polar surface area (TPSA) is 85.3 Å². The van der Waals surface area contributed by atoms with E-state index in [-0.39, 0.29) is 24.5 Å². The Morgan fingerprint density at radius 1 is 1.16 bits per heavy atom. The summed E-state index contributed by atoms with van der Waals surface area (Å²) in [5.74, 6) is 0.377. The molecule has 1 fully saturated rings. The van der Waals surface area contributed by atoms with Crippen LogP contribution in [0.15, 0.2) is 18.2 Å². The first-order valence-electron chi connectivity index (χ1n) is 8.22. The molecule has 0 aliphatic carbocycles. The van der Waals surface area contributed by atoms with Gasteiger partial charge in [0, 0.05) is 32.2 Å². The lowest BCUT2D eigenvalue weighted by atomic mass is 10.1. The first-order valence-corrected chi connectivity index (χ1v) is 8.22. The molecule has 2 unspecified atom stereocenters. The third kappa shape index (κ3) is 5.09. The van der Waals surface area contributed by atoms with Crippen LogP contribution in [0.1, 0.15) is 24.8 Å². The smallest absolute Gasteiger partial charge is 0.305 e. The fourth-order valence-electron chi connectivity index (χ4n) is 3.15. The molecular formula is C18H25NO6. The van der Waals surface area contributed by atoms with Crippen LogP contribution in [0.4, 0.5) is 0 Å². The summed E-state index contributed by atoms with van der Waals surface area (Å²) in [5, 5.41) is 9.05. The molecule has 0 saturated carbocycles. The highest BCUT2D eigenvalue weighted by Crippen LogP contribution is 2.26. The normalized spacial score (nSPS) is 19.7. The molecule has 0 bridgehead atoms. The van der Waals surface area contributed by atoms with Gasteiger partial charge in [-0.1, -0.05) is 0 Å². The van der Waals surface area contributed by atoms with Gasteiger partial charge >= 0.3 is 5.97 Å². The molecule has 1 aliphatic heterocycles. The Morgan fingerprint density at radius 3 is 2.32 bits per heavy atom. The van der Waals surface area contributed by atoms with E-state index in [1.54, 1.807) is 32.3 Å². The number of carboxylic acid groups (broad SMARTS) is 1. The molecule has 2 rings (SSSR count). The Morgan fingerprint density at radius 2 is 1.80 bits per heavy atom. The maximum Gasteiger partial charge on any atom is 0.305 e. The Kier molecular flexibility index (Phi) is 6.64. The minimum Gasteiger partial charge on any atom is -0.497 e. The Hall–Kier alpha value is -2.28. The maximum atomic E-state index is 12.6. The molecule has 0 spiro atoms. The quantitative estimate of drug-likeness (QED) is 0.768.